The molecule has 2 amide bonds. The number of nitrogens with zero attached hydrogens (tertiary/aromatic N) is 3. The molecule has 1 aliphatic carbocycles. The van der Waals surface area contributed by atoms with Gasteiger partial charge in [-0.15, -0.1) is 0 Å². The van der Waals surface area contributed by atoms with Gasteiger partial charge in [0.15, 0.2) is 0 Å². The molecule has 5 rings (SSSR count). The maximum Gasteiger partial charge on any atom is 0.254 e. The Kier molecular flexibility index (Phi) is 6.13. The number of carbonyl (C=O) groups is 2. The summed E-state index contributed by atoms with van der Waals surface area (Å²) in [5, 5.41) is 7.54. The van der Waals surface area contributed by atoms with E-state index in [0.29, 0.717) is 29.2 Å². The Bertz CT molecular complexity index is 1150. The minimum atomic E-state index is -0.0219. The third-order valence-electron chi connectivity index (χ3n) is 6.58. The van der Waals surface area contributed by atoms with Crippen molar-refractivity contribution in [2.24, 2.45) is 11.8 Å². The highest BCUT2D eigenvalue weighted by atomic mass is 35.5. The average molecular weight is 465 g/mol. The number of fused-ring (bicyclic) bond motifs is 1. The molecule has 170 valence electrons. The smallest absolute Gasteiger partial charge is 0.254 e. The quantitative estimate of drug-likeness (QED) is 0.581. The lowest BCUT2D eigenvalue weighted by Crippen LogP contribution is -2.36. The monoisotopic (exact) mass is 464 g/mol. The number of nitrogens with one attached hydrogen (secondary N) is 1. The van der Waals surface area contributed by atoms with Crippen LogP contribution >= 0.6 is 11.6 Å². The van der Waals surface area contributed by atoms with E-state index >= 15 is 0 Å². The van der Waals surface area contributed by atoms with E-state index in [4.69, 9.17) is 16.1 Å². The van der Waals surface area contributed by atoms with Crippen molar-refractivity contribution >= 4 is 23.4 Å². The first-order chi connectivity index (χ1) is 16.1. The molecule has 1 aliphatic heterocycles. The Morgan fingerprint density at radius 2 is 1.85 bits per heavy atom. The summed E-state index contributed by atoms with van der Waals surface area (Å²) in [7, 11) is 0. The van der Waals surface area contributed by atoms with Gasteiger partial charge in [0.05, 0.1) is 6.54 Å². The highest BCUT2D eigenvalue weighted by molar-refractivity contribution is 6.30. The first-order valence-corrected chi connectivity index (χ1v) is 11.7. The van der Waals surface area contributed by atoms with Crippen molar-refractivity contribution in [1.29, 1.82) is 0 Å². The molecule has 1 aromatic heterocycles. The highest BCUT2D eigenvalue weighted by Gasteiger charge is 2.32. The van der Waals surface area contributed by atoms with Crippen molar-refractivity contribution in [2.75, 3.05) is 6.54 Å². The first kappa shape index (κ1) is 21.6. The molecule has 0 unspecified atom stereocenters. The van der Waals surface area contributed by atoms with Crippen LogP contribution in [0.1, 0.15) is 47.5 Å². The largest absolute Gasteiger partial charge is 0.347 e. The molecule has 33 heavy (non-hydrogen) atoms. The fraction of sp³-hybridized carbons (Fsp3) is 0.360. The van der Waals surface area contributed by atoms with Gasteiger partial charge in [-0.05, 0) is 67.5 Å². The molecular formula is C25H25ClN4O3. The van der Waals surface area contributed by atoms with Crippen molar-refractivity contribution in [3.63, 3.8) is 0 Å². The van der Waals surface area contributed by atoms with Crippen LogP contribution in [0.3, 0.4) is 0 Å². The van der Waals surface area contributed by atoms with Gasteiger partial charge in [-0.2, -0.15) is 4.98 Å². The van der Waals surface area contributed by atoms with E-state index in [1.54, 1.807) is 12.1 Å². The highest BCUT2D eigenvalue weighted by Crippen LogP contribution is 2.32. The summed E-state index contributed by atoms with van der Waals surface area (Å²) in [6, 6.07) is 15.0. The Labute approximate surface area is 197 Å². The van der Waals surface area contributed by atoms with Gasteiger partial charge in [0.25, 0.3) is 5.91 Å². The Hall–Kier alpha value is -3.19. The van der Waals surface area contributed by atoms with Crippen molar-refractivity contribution in [2.45, 2.75) is 38.8 Å². The number of aromatic nitrogens is 2. The molecule has 3 aromatic rings. The third kappa shape index (κ3) is 4.78. The van der Waals surface area contributed by atoms with Crippen molar-refractivity contribution in [1.82, 2.24) is 20.4 Å². The number of carbonyl (C=O) groups excluding carboxylic acids is 2. The fourth-order valence-corrected chi connectivity index (χ4v) is 4.86. The maximum atomic E-state index is 12.7. The normalized spacial score (nSPS) is 20.0. The second kappa shape index (κ2) is 9.35. The number of benzene rings is 2. The van der Waals surface area contributed by atoms with Gasteiger partial charge >= 0.3 is 0 Å². The summed E-state index contributed by atoms with van der Waals surface area (Å²) in [6.07, 6.45) is 3.54. The summed E-state index contributed by atoms with van der Waals surface area (Å²) in [4.78, 5) is 31.6. The van der Waals surface area contributed by atoms with Crippen LogP contribution in [0.5, 0.6) is 0 Å². The van der Waals surface area contributed by atoms with Crippen LogP contribution < -0.4 is 5.32 Å². The van der Waals surface area contributed by atoms with E-state index in [2.05, 4.69) is 15.5 Å². The molecule has 8 heteroatoms. The van der Waals surface area contributed by atoms with Gasteiger partial charge in [0, 0.05) is 35.2 Å². The second-order valence-corrected chi connectivity index (χ2v) is 9.23. The first-order valence-electron chi connectivity index (χ1n) is 11.3. The molecule has 2 aromatic carbocycles. The van der Waals surface area contributed by atoms with Gasteiger partial charge in [-0.25, -0.2) is 0 Å². The van der Waals surface area contributed by atoms with Gasteiger partial charge in [0.1, 0.15) is 0 Å². The molecule has 1 saturated carbocycles. The lowest BCUT2D eigenvalue weighted by atomic mass is 9.81. The minimum absolute atomic E-state index is 0.0179. The Balaban J connectivity index is 1.08. The topological polar surface area (TPSA) is 88.3 Å². The average Bonchev–Trinajstić information content (AvgIpc) is 3.43. The zero-order valence-corrected chi connectivity index (χ0v) is 18.9. The number of hydrogen-bond donors (Lipinski definition) is 1. The standard InChI is InChI=1S/C25H25ClN4O3/c26-20-11-9-17(10-12-20)23-28-22(33-29-23)13-27-24(31)18-7-5-16(6-8-18)14-30-15-19-3-1-2-4-21(19)25(30)32/h1-4,9-12,16,18H,5-8,13-15H2,(H,27,31). The molecule has 2 aliphatic rings. The number of halogens is 1. The molecule has 0 radical (unpaired) electrons. The predicted molar refractivity (Wildman–Crippen MR) is 123 cm³/mol. The number of rotatable bonds is 6. The molecule has 1 fully saturated rings. The minimum Gasteiger partial charge on any atom is -0.347 e. The second-order valence-electron chi connectivity index (χ2n) is 8.80. The van der Waals surface area contributed by atoms with E-state index in [1.807, 2.05) is 41.3 Å². The summed E-state index contributed by atoms with van der Waals surface area (Å²) in [5.74, 6) is 1.40. The van der Waals surface area contributed by atoms with Crippen LogP contribution in [-0.4, -0.2) is 33.4 Å². The predicted octanol–water partition coefficient (Wildman–Crippen LogP) is 4.47. The van der Waals surface area contributed by atoms with Crippen molar-refractivity contribution in [3.05, 3.63) is 70.6 Å². The summed E-state index contributed by atoms with van der Waals surface area (Å²) >= 11 is 5.91. The van der Waals surface area contributed by atoms with E-state index in [0.717, 1.165) is 48.9 Å². The Morgan fingerprint density at radius 1 is 1.09 bits per heavy atom. The maximum absolute atomic E-state index is 12.7. The molecule has 7 nitrogen and oxygen atoms in total. The molecular weight excluding hydrogens is 440 g/mol. The third-order valence-corrected chi connectivity index (χ3v) is 6.83. The van der Waals surface area contributed by atoms with Crippen LogP contribution in [-0.2, 0) is 17.9 Å². The molecule has 0 bridgehead atoms. The van der Waals surface area contributed by atoms with Gasteiger partial charge in [-0.3, -0.25) is 9.59 Å². The number of amides is 2. The molecule has 0 saturated heterocycles. The van der Waals surface area contributed by atoms with E-state index < -0.39 is 0 Å². The molecule has 2 heterocycles. The SMILES string of the molecule is O=C(NCc1nc(-c2ccc(Cl)cc2)no1)C1CCC(CN2Cc3ccccc3C2=O)CC1. The van der Waals surface area contributed by atoms with Gasteiger partial charge < -0.3 is 14.7 Å². The lowest BCUT2D eigenvalue weighted by molar-refractivity contribution is -0.126. The van der Waals surface area contributed by atoms with E-state index in [1.165, 1.54) is 0 Å². The van der Waals surface area contributed by atoms with Gasteiger partial charge in [-0.1, -0.05) is 35.0 Å². The van der Waals surface area contributed by atoms with Crippen LogP contribution in [0.4, 0.5) is 0 Å². The molecule has 0 atom stereocenters. The van der Waals surface area contributed by atoms with Crippen molar-refractivity contribution < 1.29 is 14.1 Å². The zero-order valence-electron chi connectivity index (χ0n) is 18.2. The molecule has 0 spiro atoms. The van der Waals surface area contributed by atoms with Crippen molar-refractivity contribution in [3.8, 4) is 11.4 Å². The Morgan fingerprint density at radius 3 is 2.61 bits per heavy atom. The van der Waals surface area contributed by atoms with Crippen LogP contribution in [0.15, 0.2) is 53.1 Å². The van der Waals surface area contributed by atoms with E-state index in [9.17, 15) is 9.59 Å². The van der Waals surface area contributed by atoms with Gasteiger partial charge in [0.2, 0.25) is 17.6 Å². The summed E-state index contributed by atoms with van der Waals surface area (Å²) < 4.78 is 5.27. The molecule has 1 N–H and O–H groups in total. The zero-order chi connectivity index (χ0) is 22.8. The van der Waals surface area contributed by atoms with E-state index in [-0.39, 0.29) is 24.3 Å². The summed E-state index contributed by atoms with van der Waals surface area (Å²) in [6.45, 7) is 1.66. The summed E-state index contributed by atoms with van der Waals surface area (Å²) in [5.41, 5.74) is 2.74. The fourth-order valence-electron chi connectivity index (χ4n) is 4.73. The number of hydrogen-bond acceptors (Lipinski definition) is 5. The van der Waals surface area contributed by atoms with Crippen LogP contribution in [0, 0.1) is 11.8 Å². The lowest BCUT2D eigenvalue weighted by Gasteiger charge is -2.30. The van der Waals surface area contributed by atoms with Crippen LogP contribution in [0.2, 0.25) is 5.02 Å². The van der Waals surface area contributed by atoms with Crippen LogP contribution in [0.25, 0.3) is 11.4 Å².